The third kappa shape index (κ3) is 4.90. The van der Waals surface area contributed by atoms with Crippen molar-refractivity contribution in [1.29, 1.82) is 0 Å². The second-order valence-corrected chi connectivity index (χ2v) is 7.62. The number of hydrogen-bond acceptors (Lipinski definition) is 3. The molecule has 2 atom stereocenters. The standard InChI is InChI=1S/C22H31N3O2/c1-4-21-23-11-13-24(21)14-18(3)22(26)25-12-7-9-19(15-25)16-27-20-10-6-5-8-17(20)2/h5-6,8,10-11,13,18-19H,4,7,9,12,14-16H2,1-3H3/t18-,19-/m1/s1. The van der Waals surface area contributed by atoms with Crippen LogP contribution in [0, 0.1) is 18.8 Å². The van der Waals surface area contributed by atoms with E-state index in [4.69, 9.17) is 4.74 Å². The number of para-hydroxylation sites is 1. The molecule has 27 heavy (non-hydrogen) atoms. The number of piperidine rings is 1. The van der Waals surface area contributed by atoms with Gasteiger partial charge in [-0.1, -0.05) is 32.0 Å². The summed E-state index contributed by atoms with van der Waals surface area (Å²) in [7, 11) is 0. The van der Waals surface area contributed by atoms with Crippen LogP contribution in [0.2, 0.25) is 0 Å². The molecule has 1 aromatic heterocycles. The highest BCUT2D eigenvalue weighted by Gasteiger charge is 2.27. The Kier molecular flexibility index (Phi) is 6.54. The highest BCUT2D eigenvalue weighted by Crippen LogP contribution is 2.22. The summed E-state index contributed by atoms with van der Waals surface area (Å²) in [5, 5.41) is 0. The number of aryl methyl sites for hydroxylation is 2. The zero-order valence-electron chi connectivity index (χ0n) is 16.7. The first kappa shape index (κ1) is 19.5. The molecule has 1 amide bonds. The Morgan fingerprint density at radius 3 is 2.96 bits per heavy atom. The zero-order chi connectivity index (χ0) is 19.2. The van der Waals surface area contributed by atoms with E-state index in [-0.39, 0.29) is 11.8 Å². The van der Waals surface area contributed by atoms with Crippen molar-refractivity contribution in [2.24, 2.45) is 11.8 Å². The lowest BCUT2D eigenvalue weighted by molar-refractivity contribution is -0.137. The summed E-state index contributed by atoms with van der Waals surface area (Å²) in [4.78, 5) is 19.3. The van der Waals surface area contributed by atoms with E-state index in [0.717, 1.165) is 49.5 Å². The first-order valence-corrected chi connectivity index (χ1v) is 10.1. The smallest absolute Gasteiger partial charge is 0.227 e. The second-order valence-electron chi connectivity index (χ2n) is 7.62. The highest BCUT2D eigenvalue weighted by molar-refractivity contribution is 5.78. The van der Waals surface area contributed by atoms with Crippen molar-refractivity contribution in [2.45, 2.75) is 46.6 Å². The molecule has 2 aromatic rings. The lowest BCUT2D eigenvalue weighted by atomic mass is 9.97. The number of carbonyl (C=O) groups excluding carboxylic acids is 1. The number of aromatic nitrogens is 2. The molecule has 0 unspecified atom stereocenters. The van der Waals surface area contributed by atoms with Gasteiger partial charge in [0.15, 0.2) is 0 Å². The number of rotatable bonds is 7. The number of benzene rings is 1. The van der Waals surface area contributed by atoms with Crippen LogP contribution in [0.3, 0.4) is 0 Å². The molecule has 5 heteroatoms. The average molecular weight is 370 g/mol. The molecule has 0 saturated carbocycles. The van der Waals surface area contributed by atoms with Crippen LogP contribution in [0.5, 0.6) is 5.75 Å². The van der Waals surface area contributed by atoms with Crippen LogP contribution < -0.4 is 4.74 Å². The first-order valence-electron chi connectivity index (χ1n) is 10.1. The van der Waals surface area contributed by atoms with Crippen LogP contribution in [0.4, 0.5) is 0 Å². The maximum atomic E-state index is 12.9. The zero-order valence-corrected chi connectivity index (χ0v) is 16.7. The topological polar surface area (TPSA) is 47.4 Å². The van der Waals surface area contributed by atoms with Gasteiger partial charge in [0.1, 0.15) is 11.6 Å². The van der Waals surface area contributed by atoms with Crippen molar-refractivity contribution in [1.82, 2.24) is 14.5 Å². The van der Waals surface area contributed by atoms with Gasteiger partial charge in [-0.15, -0.1) is 0 Å². The molecule has 2 heterocycles. The predicted molar refractivity (Wildman–Crippen MR) is 107 cm³/mol. The van der Waals surface area contributed by atoms with Gasteiger partial charge in [0, 0.05) is 44.4 Å². The largest absolute Gasteiger partial charge is 0.493 e. The molecule has 1 aromatic carbocycles. The molecule has 0 N–H and O–H groups in total. The summed E-state index contributed by atoms with van der Waals surface area (Å²) >= 11 is 0. The number of nitrogens with zero attached hydrogens (tertiary/aromatic N) is 3. The lowest BCUT2D eigenvalue weighted by Gasteiger charge is -2.34. The molecule has 1 aliphatic rings. The van der Waals surface area contributed by atoms with Gasteiger partial charge in [0.25, 0.3) is 0 Å². The summed E-state index contributed by atoms with van der Waals surface area (Å²) in [6, 6.07) is 8.10. The van der Waals surface area contributed by atoms with Crippen LogP contribution in [-0.2, 0) is 17.8 Å². The molecule has 146 valence electrons. The number of ether oxygens (including phenoxy) is 1. The van der Waals surface area contributed by atoms with Gasteiger partial charge in [0.2, 0.25) is 5.91 Å². The maximum Gasteiger partial charge on any atom is 0.227 e. The Balaban J connectivity index is 1.53. The molecule has 5 nitrogen and oxygen atoms in total. The van der Waals surface area contributed by atoms with Gasteiger partial charge in [-0.05, 0) is 31.4 Å². The molecule has 1 aliphatic heterocycles. The van der Waals surface area contributed by atoms with Gasteiger partial charge < -0.3 is 14.2 Å². The number of carbonyl (C=O) groups is 1. The van der Waals surface area contributed by atoms with Crippen molar-refractivity contribution < 1.29 is 9.53 Å². The predicted octanol–water partition coefficient (Wildman–Crippen LogP) is 3.71. The van der Waals surface area contributed by atoms with Crippen LogP contribution in [0.25, 0.3) is 0 Å². The van der Waals surface area contributed by atoms with E-state index in [1.807, 2.05) is 42.4 Å². The molecular weight excluding hydrogens is 338 g/mol. The van der Waals surface area contributed by atoms with Gasteiger partial charge in [-0.25, -0.2) is 4.98 Å². The van der Waals surface area contributed by atoms with Crippen LogP contribution in [0.15, 0.2) is 36.7 Å². The molecule has 0 aliphatic carbocycles. The molecule has 3 rings (SSSR count). The molecule has 0 bridgehead atoms. The normalized spacial score (nSPS) is 18.3. The summed E-state index contributed by atoms with van der Waals surface area (Å²) < 4.78 is 8.13. The Hall–Kier alpha value is -2.30. The number of imidazole rings is 1. The van der Waals surface area contributed by atoms with Gasteiger partial charge >= 0.3 is 0 Å². The minimum absolute atomic E-state index is 0.0412. The van der Waals surface area contributed by atoms with Gasteiger partial charge in [0.05, 0.1) is 12.5 Å². The third-order valence-electron chi connectivity index (χ3n) is 5.41. The monoisotopic (exact) mass is 369 g/mol. The summed E-state index contributed by atoms with van der Waals surface area (Å²) in [6.07, 6.45) is 6.83. The van der Waals surface area contributed by atoms with Crippen molar-refractivity contribution in [3.05, 3.63) is 48.0 Å². The fraction of sp³-hybridized carbons (Fsp3) is 0.545. The van der Waals surface area contributed by atoms with Crippen LogP contribution in [0.1, 0.15) is 38.1 Å². The van der Waals surface area contributed by atoms with Crippen molar-refractivity contribution >= 4 is 5.91 Å². The fourth-order valence-electron chi connectivity index (χ4n) is 3.83. The van der Waals surface area contributed by atoms with E-state index in [1.165, 1.54) is 0 Å². The lowest BCUT2D eigenvalue weighted by Crippen LogP contribution is -2.44. The molecule has 1 fully saturated rings. The van der Waals surface area contributed by atoms with Gasteiger partial charge in [-0.2, -0.15) is 0 Å². The quantitative estimate of drug-likeness (QED) is 0.747. The first-order chi connectivity index (χ1) is 13.1. The van der Waals surface area contributed by atoms with E-state index in [1.54, 1.807) is 0 Å². The van der Waals surface area contributed by atoms with Crippen LogP contribution in [-0.4, -0.2) is 40.1 Å². The summed E-state index contributed by atoms with van der Waals surface area (Å²) in [5.41, 5.74) is 1.15. The number of likely N-dealkylation sites (tertiary alicyclic amines) is 1. The minimum Gasteiger partial charge on any atom is -0.493 e. The number of hydrogen-bond donors (Lipinski definition) is 0. The minimum atomic E-state index is -0.0412. The average Bonchev–Trinajstić information content (AvgIpc) is 3.14. The maximum absolute atomic E-state index is 12.9. The summed E-state index contributed by atoms with van der Waals surface area (Å²) in [5.74, 6) is 2.58. The number of amides is 1. The second kappa shape index (κ2) is 9.07. The van der Waals surface area contributed by atoms with Crippen molar-refractivity contribution in [3.63, 3.8) is 0 Å². The van der Waals surface area contributed by atoms with Crippen molar-refractivity contribution in [2.75, 3.05) is 19.7 Å². The Labute approximate surface area is 162 Å². The van der Waals surface area contributed by atoms with E-state index < -0.39 is 0 Å². The highest BCUT2D eigenvalue weighted by atomic mass is 16.5. The van der Waals surface area contributed by atoms with E-state index in [0.29, 0.717) is 19.1 Å². The van der Waals surface area contributed by atoms with E-state index >= 15 is 0 Å². The molecule has 0 radical (unpaired) electrons. The molecular formula is C22H31N3O2. The summed E-state index contributed by atoms with van der Waals surface area (Å²) in [6.45, 7) is 9.19. The van der Waals surface area contributed by atoms with E-state index in [9.17, 15) is 4.79 Å². The van der Waals surface area contributed by atoms with Gasteiger partial charge in [-0.3, -0.25) is 4.79 Å². The van der Waals surface area contributed by atoms with Crippen LogP contribution >= 0.6 is 0 Å². The Bertz CT molecular complexity index is 756. The van der Waals surface area contributed by atoms with Crippen molar-refractivity contribution in [3.8, 4) is 5.75 Å². The molecule has 0 spiro atoms. The Morgan fingerprint density at radius 2 is 2.19 bits per heavy atom. The Morgan fingerprint density at radius 1 is 1.37 bits per heavy atom. The molecule has 1 saturated heterocycles. The third-order valence-corrected chi connectivity index (χ3v) is 5.41. The van der Waals surface area contributed by atoms with E-state index in [2.05, 4.69) is 29.5 Å². The SMILES string of the molecule is CCc1nccn1C[C@@H](C)C(=O)N1CCC[C@@H](COc2ccccc2C)C1. The fourth-order valence-corrected chi connectivity index (χ4v) is 3.83.